The predicted molar refractivity (Wildman–Crippen MR) is 78.5 cm³/mol. The van der Waals surface area contributed by atoms with Crippen LogP contribution < -0.4 is 5.32 Å². The van der Waals surface area contributed by atoms with Crippen LogP contribution in [0.2, 0.25) is 5.02 Å². The van der Waals surface area contributed by atoms with E-state index in [0.717, 1.165) is 15.7 Å². The molecule has 1 N–H and O–H groups in total. The lowest BCUT2D eigenvalue weighted by molar-refractivity contribution is 0.102. The first-order chi connectivity index (χ1) is 8.97. The molecular weight excluding hydrogens is 387 g/mol. The Balaban J connectivity index is 2.28. The number of halogens is 4. The average molecular weight is 394 g/mol. The molecule has 0 aliphatic heterocycles. The van der Waals surface area contributed by atoms with E-state index in [9.17, 15) is 13.6 Å². The van der Waals surface area contributed by atoms with Gasteiger partial charge in [-0.05, 0) is 52.9 Å². The lowest BCUT2D eigenvalue weighted by atomic mass is 10.2. The molecule has 2 rings (SSSR count). The molecule has 2 nitrogen and oxygen atoms in total. The van der Waals surface area contributed by atoms with Crippen molar-refractivity contribution in [2.75, 3.05) is 5.32 Å². The first-order valence-electron chi connectivity index (χ1n) is 5.19. The van der Waals surface area contributed by atoms with Crippen LogP contribution in [0, 0.1) is 15.2 Å². The molecule has 2 aromatic carbocycles. The first-order valence-corrected chi connectivity index (χ1v) is 6.64. The van der Waals surface area contributed by atoms with E-state index in [-0.39, 0.29) is 16.3 Å². The number of rotatable bonds is 2. The van der Waals surface area contributed by atoms with E-state index in [1.54, 1.807) is 18.2 Å². The molecule has 0 unspecified atom stereocenters. The van der Waals surface area contributed by atoms with Crippen LogP contribution in [0.15, 0.2) is 36.4 Å². The quantitative estimate of drug-likeness (QED) is 0.749. The van der Waals surface area contributed by atoms with Crippen LogP contribution in [0.4, 0.5) is 14.5 Å². The first kappa shape index (κ1) is 14.2. The van der Waals surface area contributed by atoms with Crippen LogP contribution in [-0.2, 0) is 0 Å². The zero-order valence-corrected chi connectivity index (χ0v) is 12.3. The minimum absolute atomic E-state index is 0.0960. The van der Waals surface area contributed by atoms with E-state index in [1.165, 1.54) is 0 Å². The van der Waals surface area contributed by atoms with Gasteiger partial charge in [-0.2, -0.15) is 0 Å². The molecule has 0 aliphatic carbocycles. The van der Waals surface area contributed by atoms with Crippen molar-refractivity contribution in [2.24, 2.45) is 0 Å². The lowest BCUT2D eigenvalue weighted by Gasteiger charge is -2.08. The molecule has 19 heavy (non-hydrogen) atoms. The monoisotopic (exact) mass is 393 g/mol. The van der Waals surface area contributed by atoms with Gasteiger partial charge >= 0.3 is 0 Å². The Kier molecular flexibility index (Phi) is 4.36. The zero-order chi connectivity index (χ0) is 14.0. The van der Waals surface area contributed by atoms with Crippen molar-refractivity contribution in [3.05, 3.63) is 62.2 Å². The Morgan fingerprint density at radius 2 is 1.89 bits per heavy atom. The molecule has 1 amide bonds. The number of carbonyl (C=O) groups excluding carboxylic acids is 1. The Morgan fingerprint density at radius 3 is 2.58 bits per heavy atom. The van der Waals surface area contributed by atoms with Crippen molar-refractivity contribution in [2.45, 2.75) is 0 Å². The summed E-state index contributed by atoms with van der Waals surface area (Å²) in [5.41, 5.74) is 0.138. The van der Waals surface area contributed by atoms with Gasteiger partial charge in [0.1, 0.15) is 11.6 Å². The zero-order valence-electron chi connectivity index (χ0n) is 9.38. The maximum atomic E-state index is 13.4. The normalized spacial score (nSPS) is 10.3. The Labute approximate surface area is 126 Å². The van der Waals surface area contributed by atoms with Gasteiger partial charge in [-0.1, -0.05) is 11.6 Å². The predicted octanol–water partition coefficient (Wildman–Crippen LogP) is 4.48. The summed E-state index contributed by atoms with van der Waals surface area (Å²) < 4.78 is 27.0. The smallest absolute Gasteiger partial charge is 0.257 e. The van der Waals surface area contributed by atoms with Crippen molar-refractivity contribution < 1.29 is 13.6 Å². The average Bonchev–Trinajstić information content (AvgIpc) is 2.35. The van der Waals surface area contributed by atoms with Gasteiger partial charge in [-0.25, -0.2) is 8.78 Å². The highest BCUT2D eigenvalue weighted by Crippen LogP contribution is 2.21. The second kappa shape index (κ2) is 5.83. The Bertz CT molecular complexity index is 649. The molecule has 0 saturated carbocycles. The number of anilines is 1. The minimum atomic E-state index is -0.838. The molecule has 0 heterocycles. The highest BCUT2D eigenvalue weighted by molar-refractivity contribution is 14.1. The largest absolute Gasteiger partial charge is 0.319 e. The van der Waals surface area contributed by atoms with Crippen LogP contribution in [-0.4, -0.2) is 5.91 Å². The summed E-state index contributed by atoms with van der Waals surface area (Å²) in [6.07, 6.45) is 0. The van der Waals surface area contributed by atoms with Crippen LogP contribution in [0.5, 0.6) is 0 Å². The number of hydrogen-bond acceptors (Lipinski definition) is 1. The molecule has 98 valence electrons. The van der Waals surface area contributed by atoms with Crippen LogP contribution >= 0.6 is 34.2 Å². The molecule has 0 spiro atoms. The van der Waals surface area contributed by atoms with E-state index in [1.807, 2.05) is 22.6 Å². The third-order valence-corrected chi connectivity index (χ3v) is 3.35. The summed E-state index contributed by atoms with van der Waals surface area (Å²) in [5, 5.41) is 2.62. The fraction of sp³-hybridized carbons (Fsp3) is 0. The minimum Gasteiger partial charge on any atom is -0.319 e. The molecule has 0 aromatic heterocycles. The molecule has 2 aromatic rings. The van der Waals surface area contributed by atoms with Gasteiger partial charge in [0.05, 0.1) is 16.3 Å². The summed E-state index contributed by atoms with van der Waals surface area (Å²) in [6, 6.07) is 7.84. The van der Waals surface area contributed by atoms with Gasteiger partial charge in [0.25, 0.3) is 5.91 Å². The van der Waals surface area contributed by atoms with Gasteiger partial charge in [-0.15, -0.1) is 0 Å². The van der Waals surface area contributed by atoms with Crippen LogP contribution in [0.3, 0.4) is 0 Å². The summed E-state index contributed by atoms with van der Waals surface area (Å²) in [6.45, 7) is 0. The molecule has 6 heteroatoms. The third-order valence-electron chi connectivity index (χ3n) is 2.35. The van der Waals surface area contributed by atoms with E-state index in [2.05, 4.69) is 5.32 Å². The van der Waals surface area contributed by atoms with E-state index >= 15 is 0 Å². The van der Waals surface area contributed by atoms with E-state index in [0.29, 0.717) is 6.07 Å². The second-order valence-electron chi connectivity index (χ2n) is 3.70. The Hall–Kier alpha value is -1.21. The fourth-order valence-corrected chi connectivity index (χ4v) is 2.15. The van der Waals surface area contributed by atoms with Crippen LogP contribution in [0.1, 0.15) is 10.4 Å². The van der Waals surface area contributed by atoms with Gasteiger partial charge in [0.2, 0.25) is 0 Å². The second-order valence-corrected chi connectivity index (χ2v) is 5.36. The highest BCUT2D eigenvalue weighted by Gasteiger charge is 2.13. The van der Waals surface area contributed by atoms with Crippen molar-refractivity contribution in [3.8, 4) is 0 Å². The summed E-state index contributed by atoms with van der Waals surface area (Å²) in [5.74, 6) is -2.09. The maximum absolute atomic E-state index is 13.4. The van der Waals surface area contributed by atoms with Crippen molar-refractivity contribution in [1.82, 2.24) is 0 Å². The number of nitrogens with one attached hydrogen (secondary N) is 1. The molecule has 0 fully saturated rings. The van der Waals surface area contributed by atoms with Gasteiger partial charge in [0.15, 0.2) is 0 Å². The van der Waals surface area contributed by atoms with Gasteiger partial charge in [0, 0.05) is 9.64 Å². The van der Waals surface area contributed by atoms with Crippen molar-refractivity contribution >= 4 is 45.8 Å². The molecular formula is C13H7ClF2INO. The summed E-state index contributed by atoms with van der Waals surface area (Å²) in [4.78, 5) is 12.0. The SMILES string of the molecule is O=C(Nc1ccc(F)cc1F)c1cc(I)ccc1Cl. The third kappa shape index (κ3) is 3.42. The Morgan fingerprint density at radius 1 is 1.16 bits per heavy atom. The van der Waals surface area contributed by atoms with Crippen molar-refractivity contribution in [3.63, 3.8) is 0 Å². The fourth-order valence-electron chi connectivity index (χ4n) is 1.45. The standard InChI is InChI=1S/C13H7ClF2INO/c14-10-3-2-8(17)6-9(10)13(19)18-12-4-1-7(15)5-11(12)16/h1-6H,(H,18,19). The van der Waals surface area contributed by atoms with Gasteiger partial charge in [-0.3, -0.25) is 4.79 Å². The topological polar surface area (TPSA) is 29.1 Å². The number of carbonyl (C=O) groups is 1. The summed E-state index contributed by atoms with van der Waals surface area (Å²) >= 11 is 7.94. The molecule has 0 bridgehead atoms. The van der Waals surface area contributed by atoms with Crippen molar-refractivity contribution in [1.29, 1.82) is 0 Å². The lowest BCUT2D eigenvalue weighted by Crippen LogP contribution is -2.13. The molecule has 0 radical (unpaired) electrons. The number of hydrogen-bond donors (Lipinski definition) is 1. The van der Waals surface area contributed by atoms with Crippen LogP contribution in [0.25, 0.3) is 0 Å². The highest BCUT2D eigenvalue weighted by atomic mass is 127. The number of amides is 1. The summed E-state index contributed by atoms with van der Waals surface area (Å²) in [7, 11) is 0. The molecule has 0 atom stereocenters. The van der Waals surface area contributed by atoms with E-state index in [4.69, 9.17) is 11.6 Å². The van der Waals surface area contributed by atoms with Gasteiger partial charge < -0.3 is 5.32 Å². The molecule has 0 saturated heterocycles. The van der Waals surface area contributed by atoms with E-state index < -0.39 is 17.5 Å². The maximum Gasteiger partial charge on any atom is 0.257 e. The molecule has 0 aliphatic rings. The number of benzene rings is 2.